The predicted molar refractivity (Wildman–Crippen MR) is 109 cm³/mol. The zero-order valence-corrected chi connectivity index (χ0v) is 17.8. The van der Waals surface area contributed by atoms with Crippen molar-refractivity contribution in [3.63, 3.8) is 0 Å². The third-order valence-corrected chi connectivity index (χ3v) is 5.10. The number of aliphatic carboxylic acids is 2. The van der Waals surface area contributed by atoms with E-state index in [0.29, 0.717) is 6.61 Å². The van der Waals surface area contributed by atoms with Gasteiger partial charge in [0.15, 0.2) is 0 Å². The van der Waals surface area contributed by atoms with E-state index in [1.54, 1.807) is 0 Å². The molecule has 0 amide bonds. The molecular weight excluding hydrogens is 445 g/mol. The Kier molecular flexibility index (Phi) is 7.89. The number of ether oxygens (including phenoxy) is 1. The molecule has 156 valence electrons. The van der Waals surface area contributed by atoms with Crippen LogP contribution in [0.2, 0.25) is 0 Å². The Morgan fingerprint density at radius 2 is 1.76 bits per heavy atom. The summed E-state index contributed by atoms with van der Waals surface area (Å²) in [5, 5.41) is 14.8. The van der Waals surface area contributed by atoms with Crippen LogP contribution in [-0.4, -0.2) is 47.7 Å². The van der Waals surface area contributed by atoms with E-state index in [2.05, 4.69) is 53.1 Å². The van der Waals surface area contributed by atoms with E-state index in [-0.39, 0.29) is 5.82 Å². The number of benzene rings is 2. The molecule has 0 bridgehead atoms. The minimum Gasteiger partial charge on any atom is -0.473 e. The Morgan fingerprint density at radius 3 is 2.31 bits per heavy atom. The van der Waals surface area contributed by atoms with Gasteiger partial charge in [-0.3, -0.25) is 0 Å². The first kappa shape index (κ1) is 23.0. The van der Waals surface area contributed by atoms with Crippen LogP contribution >= 0.6 is 15.9 Å². The molecule has 0 fully saturated rings. The van der Waals surface area contributed by atoms with E-state index >= 15 is 0 Å². The second-order valence-corrected chi connectivity index (χ2v) is 7.86. The van der Waals surface area contributed by atoms with Crippen LogP contribution in [-0.2, 0) is 26.5 Å². The number of halogens is 2. The highest BCUT2D eigenvalue weighted by Crippen LogP contribution is 2.45. The average molecular weight is 468 g/mol. The minimum absolute atomic E-state index is 0.216. The fourth-order valence-electron chi connectivity index (χ4n) is 3.31. The lowest BCUT2D eigenvalue weighted by Gasteiger charge is -2.31. The lowest BCUT2D eigenvalue weighted by Crippen LogP contribution is -2.28. The Balaban J connectivity index is 0.000000438. The van der Waals surface area contributed by atoms with Gasteiger partial charge in [-0.1, -0.05) is 34.1 Å². The van der Waals surface area contributed by atoms with Crippen molar-refractivity contribution in [1.29, 1.82) is 0 Å². The van der Waals surface area contributed by atoms with Gasteiger partial charge in [0, 0.05) is 4.47 Å². The van der Waals surface area contributed by atoms with Crippen LogP contribution in [0.25, 0.3) is 0 Å². The first-order valence-electron chi connectivity index (χ1n) is 8.95. The maximum atomic E-state index is 13.4. The Morgan fingerprint density at radius 1 is 1.14 bits per heavy atom. The highest BCUT2D eigenvalue weighted by molar-refractivity contribution is 9.10. The highest BCUT2D eigenvalue weighted by Gasteiger charge is 2.41. The molecule has 29 heavy (non-hydrogen) atoms. The molecule has 0 radical (unpaired) electrons. The third kappa shape index (κ3) is 5.85. The number of carboxylic acid groups (broad SMARTS) is 2. The maximum Gasteiger partial charge on any atom is 0.414 e. The van der Waals surface area contributed by atoms with Crippen molar-refractivity contribution in [2.24, 2.45) is 0 Å². The molecule has 3 rings (SSSR count). The number of carboxylic acids is 2. The topological polar surface area (TPSA) is 87.1 Å². The number of nitrogens with zero attached hydrogens (tertiary/aromatic N) is 1. The quantitative estimate of drug-likeness (QED) is 0.649. The zero-order chi connectivity index (χ0) is 21.6. The Labute approximate surface area is 177 Å². The molecule has 0 spiro atoms. The molecule has 0 saturated carbocycles. The number of fused-ring (bicyclic) bond motifs is 1. The molecule has 1 unspecified atom stereocenters. The van der Waals surface area contributed by atoms with E-state index in [1.165, 1.54) is 23.3 Å². The zero-order valence-electron chi connectivity index (χ0n) is 16.2. The van der Waals surface area contributed by atoms with E-state index in [9.17, 15) is 4.39 Å². The van der Waals surface area contributed by atoms with Gasteiger partial charge in [-0.25, -0.2) is 14.0 Å². The van der Waals surface area contributed by atoms with Crippen LogP contribution in [0.15, 0.2) is 46.9 Å². The van der Waals surface area contributed by atoms with Gasteiger partial charge in [0.1, 0.15) is 11.4 Å². The molecule has 0 aromatic heterocycles. The highest BCUT2D eigenvalue weighted by atomic mass is 79.9. The summed E-state index contributed by atoms with van der Waals surface area (Å²) in [5.41, 5.74) is 2.96. The van der Waals surface area contributed by atoms with E-state index in [1.807, 2.05) is 12.1 Å². The fraction of sp³-hybridized carbons (Fsp3) is 0.333. The molecule has 2 N–H and O–H groups in total. The largest absolute Gasteiger partial charge is 0.473 e. The third-order valence-electron chi connectivity index (χ3n) is 4.60. The van der Waals surface area contributed by atoms with Crippen LogP contribution in [0.3, 0.4) is 0 Å². The van der Waals surface area contributed by atoms with Gasteiger partial charge in [0.2, 0.25) is 0 Å². The summed E-state index contributed by atoms with van der Waals surface area (Å²) in [5.74, 6) is -3.86. The molecule has 2 aromatic rings. The standard InChI is InChI=1S/C19H21BrFNO.C2H2O4/c1-22(2)11-3-10-19(15-4-7-17(21)8-5-15)18-9-6-16(20)12-14(18)13-23-19;3-1(4)2(5)6/h4-9,12H,3,10-11,13H2,1-2H3;(H,3,4)(H,5,6). The smallest absolute Gasteiger partial charge is 0.414 e. The monoisotopic (exact) mass is 467 g/mol. The van der Waals surface area contributed by atoms with E-state index in [0.717, 1.165) is 29.4 Å². The predicted octanol–water partition coefficient (Wildman–Crippen LogP) is 3.86. The Bertz CT molecular complexity index is 860. The maximum absolute atomic E-state index is 13.4. The van der Waals surface area contributed by atoms with Crippen molar-refractivity contribution in [1.82, 2.24) is 4.90 Å². The van der Waals surface area contributed by atoms with E-state index in [4.69, 9.17) is 24.5 Å². The summed E-state index contributed by atoms with van der Waals surface area (Å²) in [7, 11) is 4.15. The number of hydrogen-bond donors (Lipinski definition) is 2. The number of rotatable bonds is 5. The lowest BCUT2D eigenvalue weighted by molar-refractivity contribution is -0.159. The minimum atomic E-state index is -1.82. The SMILES string of the molecule is CN(C)CCCC1(c2ccc(F)cc2)OCc2cc(Br)ccc21.O=C(O)C(=O)O. The second-order valence-electron chi connectivity index (χ2n) is 6.94. The first-order valence-corrected chi connectivity index (χ1v) is 9.75. The molecule has 1 aliphatic rings. The molecular formula is C21H23BrFNO5. The number of carbonyl (C=O) groups is 2. The van der Waals surface area contributed by atoms with Gasteiger partial charge in [-0.2, -0.15) is 0 Å². The molecule has 1 heterocycles. The van der Waals surface area contributed by atoms with Gasteiger partial charge < -0.3 is 19.8 Å². The summed E-state index contributed by atoms with van der Waals surface area (Å²) in [6.07, 6.45) is 1.89. The van der Waals surface area contributed by atoms with Crippen molar-refractivity contribution in [3.8, 4) is 0 Å². The second kappa shape index (κ2) is 9.96. The molecule has 1 aliphatic heterocycles. The van der Waals surface area contributed by atoms with Crippen molar-refractivity contribution in [2.45, 2.75) is 25.0 Å². The summed E-state index contributed by atoms with van der Waals surface area (Å²) in [6.45, 7) is 1.59. The van der Waals surface area contributed by atoms with Gasteiger partial charge in [-0.05, 0) is 74.4 Å². The van der Waals surface area contributed by atoms with Crippen molar-refractivity contribution in [2.75, 3.05) is 20.6 Å². The first-order chi connectivity index (χ1) is 13.7. The van der Waals surface area contributed by atoms with Crippen molar-refractivity contribution < 1.29 is 28.9 Å². The van der Waals surface area contributed by atoms with Gasteiger partial charge in [0.25, 0.3) is 0 Å². The normalized spacial score (nSPS) is 17.4. The van der Waals surface area contributed by atoms with Gasteiger partial charge >= 0.3 is 11.9 Å². The van der Waals surface area contributed by atoms with Gasteiger partial charge in [0.05, 0.1) is 6.61 Å². The summed E-state index contributed by atoms with van der Waals surface area (Å²) < 4.78 is 20.7. The van der Waals surface area contributed by atoms with Crippen molar-refractivity contribution in [3.05, 3.63) is 69.4 Å². The van der Waals surface area contributed by atoms with Crippen LogP contribution in [0.1, 0.15) is 29.5 Å². The average Bonchev–Trinajstić information content (AvgIpc) is 3.01. The number of hydrogen-bond acceptors (Lipinski definition) is 4. The molecule has 2 aromatic carbocycles. The van der Waals surface area contributed by atoms with Crippen LogP contribution in [0.4, 0.5) is 4.39 Å². The van der Waals surface area contributed by atoms with Crippen molar-refractivity contribution >= 4 is 27.9 Å². The molecule has 0 aliphatic carbocycles. The molecule has 0 saturated heterocycles. The fourth-order valence-corrected chi connectivity index (χ4v) is 3.72. The van der Waals surface area contributed by atoms with Crippen LogP contribution in [0, 0.1) is 5.82 Å². The Hall–Kier alpha value is -2.29. The molecule has 1 atom stereocenters. The molecule has 8 heteroatoms. The van der Waals surface area contributed by atoms with Gasteiger partial charge in [-0.15, -0.1) is 0 Å². The summed E-state index contributed by atoms with van der Waals surface area (Å²) in [6, 6.07) is 13.0. The molecule has 6 nitrogen and oxygen atoms in total. The summed E-state index contributed by atoms with van der Waals surface area (Å²) >= 11 is 3.53. The van der Waals surface area contributed by atoms with Crippen LogP contribution in [0.5, 0.6) is 0 Å². The lowest BCUT2D eigenvalue weighted by atomic mass is 9.82. The van der Waals surface area contributed by atoms with E-state index < -0.39 is 17.5 Å². The van der Waals surface area contributed by atoms with Crippen LogP contribution < -0.4 is 0 Å². The summed E-state index contributed by atoms with van der Waals surface area (Å²) in [4.78, 5) is 20.4.